The first kappa shape index (κ1) is 21.4. The maximum absolute atomic E-state index is 13.2. The number of terminal acetylenes is 1. The second-order valence-corrected chi connectivity index (χ2v) is 8.59. The summed E-state index contributed by atoms with van der Waals surface area (Å²) in [5.74, 6) is 1.53. The maximum Gasteiger partial charge on any atom is 0.265 e. The van der Waals surface area contributed by atoms with E-state index in [4.69, 9.17) is 18.0 Å². The quantitative estimate of drug-likeness (QED) is 0.633. The van der Waals surface area contributed by atoms with Crippen LogP contribution >= 0.6 is 22.9 Å². The summed E-state index contributed by atoms with van der Waals surface area (Å²) in [6, 6.07) is 5.51. The summed E-state index contributed by atoms with van der Waals surface area (Å²) in [5, 5.41) is 3.31. The van der Waals surface area contributed by atoms with Gasteiger partial charge in [0.2, 0.25) is 0 Å². The maximum atomic E-state index is 13.2. The topological polar surface area (TPSA) is 49.4 Å². The lowest BCUT2D eigenvalue weighted by Crippen LogP contribution is -2.41. The Morgan fingerprint density at radius 1 is 1.31 bits per heavy atom. The lowest BCUT2D eigenvalue weighted by Gasteiger charge is -2.33. The number of carbonyl (C=O) groups excluding carboxylic acids is 2. The minimum Gasteiger partial charge on any atom is -0.324 e. The van der Waals surface area contributed by atoms with E-state index in [1.807, 2.05) is 6.92 Å². The van der Waals surface area contributed by atoms with Gasteiger partial charge >= 0.3 is 0 Å². The Labute approximate surface area is 179 Å². The van der Waals surface area contributed by atoms with Crippen LogP contribution in [-0.2, 0) is 0 Å². The number of aryl methyl sites for hydroxylation is 1. The van der Waals surface area contributed by atoms with E-state index >= 15 is 0 Å². The van der Waals surface area contributed by atoms with Crippen LogP contribution in [0.4, 0.5) is 9.39 Å². The van der Waals surface area contributed by atoms with Gasteiger partial charge in [-0.1, -0.05) is 36.8 Å². The normalized spacial score (nSPS) is 14.3. The number of benzene rings is 1. The zero-order valence-electron chi connectivity index (χ0n) is 16.1. The molecular weight excluding hydrogens is 411 g/mol. The molecule has 152 valence electrons. The molecule has 2 aromatic rings. The number of nitrogens with zero attached hydrogens (tertiary/aromatic N) is 1. The number of carbonyl (C=O) groups is 2. The van der Waals surface area contributed by atoms with Crippen molar-refractivity contribution in [3.05, 3.63) is 51.1 Å². The third-order valence-electron chi connectivity index (χ3n) is 5.06. The van der Waals surface area contributed by atoms with Crippen molar-refractivity contribution in [2.75, 3.05) is 11.9 Å². The summed E-state index contributed by atoms with van der Waals surface area (Å²) in [6.07, 6.45) is 10.8. The largest absolute Gasteiger partial charge is 0.324 e. The predicted molar refractivity (Wildman–Crippen MR) is 115 cm³/mol. The average molecular weight is 433 g/mol. The molecule has 3 rings (SSSR count). The average Bonchev–Trinajstić information content (AvgIpc) is 3.06. The molecule has 1 fully saturated rings. The van der Waals surface area contributed by atoms with Crippen LogP contribution in [-0.4, -0.2) is 29.3 Å². The number of rotatable bonds is 5. The van der Waals surface area contributed by atoms with Gasteiger partial charge < -0.3 is 10.2 Å². The molecule has 1 aliphatic rings. The lowest BCUT2D eigenvalue weighted by atomic mass is 9.94. The van der Waals surface area contributed by atoms with Gasteiger partial charge in [0.15, 0.2) is 0 Å². The third-order valence-corrected chi connectivity index (χ3v) is 6.52. The van der Waals surface area contributed by atoms with Crippen LogP contribution < -0.4 is 5.32 Å². The van der Waals surface area contributed by atoms with Crippen LogP contribution in [0.5, 0.6) is 0 Å². The molecule has 0 bridgehead atoms. The van der Waals surface area contributed by atoms with Crippen LogP contribution in [0, 0.1) is 25.1 Å². The van der Waals surface area contributed by atoms with Crippen LogP contribution in [0.2, 0.25) is 5.02 Å². The predicted octanol–water partition coefficient (Wildman–Crippen LogP) is 5.51. The second-order valence-electron chi connectivity index (χ2n) is 7.13. The van der Waals surface area contributed by atoms with Crippen molar-refractivity contribution >= 4 is 39.8 Å². The standard InChI is InChI=1S/C22H22ClFN2O2S/c1-3-11-26(16-7-5-4-6-8-16)22(28)20-14(2)12-19(29-20)25-21(27)17-10-9-15(24)13-18(17)23/h1,9-10,12-13,16H,4-8,11H2,2H3,(H,25,27). The van der Waals surface area contributed by atoms with Gasteiger partial charge in [-0.25, -0.2) is 4.39 Å². The Hall–Kier alpha value is -2.36. The fraction of sp³-hybridized carbons (Fsp3) is 0.364. The Kier molecular flexibility index (Phi) is 6.94. The molecule has 1 aromatic carbocycles. The minimum atomic E-state index is -0.511. The molecule has 29 heavy (non-hydrogen) atoms. The fourth-order valence-electron chi connectivity index (χ4n) is 3.60. The highest BCUT2D eigenvalue weighted by molar-refractivity contribution is 7.18. The first-order chi connectivity index (χ1) is 13.9. The van der Waals surface area contributed by atoms with Crippen LogP contribution in [0.1, 0.15) is 57.7 Å². The van der Waals surface area contributed by atoms with Crippen molar-refractivity contribution in [1.29, 1.82) is 0 Å². The highest BCUT2D eigenvalue weighted by Gasteiger charge is 2.28. The van der Waals surface area contributed by atoms with E-state index in [-0.39, 0.29) is 29.1 Å². The van der Waals surface area contributed by atoms with Gasteiger partial charge in [-0.05, 0) is 49.6 Å². The van der Waals surface area contributed by atoms with Crippen molar-refractivity contribution in [2.24, 2.45) is 0 Å². The molecule has 1 N–H and O–H groups in total. The number of halogens is 2. The van der Waals surface area contributed by atoms with E-state index in [9.17, 15) is 14.0 Å². The number of thiophene rings is 1. The Balaban J connectivity index is 1.78. The van der Waals surface area contributed by atoms with Crippen molar-refractivity contribution < 1.29 is 14.0 Å². The smallest absolute Gasteiger partial charge is 0.265 e. The molecule has 1 saturated carbocycles. The number of amides is 2. The number of nitrogens with one attached hydrogen (secondary N) is 1. The molecule has 1 aliphatic carbocycles. The van der Waals surface area contributed by atoms with Gasteiger partial charge in [-0.3, -0.25) is 9.59 Å². The van der Waals surface area contributed by atoms with Gasteiger partial charge in [0.1, 0.15) is 5.82 Å². The van der Waals surface area contributed by atoms with Crippen molar-refractivity contribution in [2.45, 2.75) is 45.1 Å². The van der Waals surface area contributed by atoms with Crippen molar-refractivity contribution in [3.63, 3.8) is 0 Å². The van der Waals surface area contributed by atoms with Crippen LogP contribution in [0.25, 0.3) is 0 Å². The summed E-state index contributed by atoms with van der Waals surface area (Å²) in [6.45, 7) is 2.10. The molecule has 0 radical (unpaired) electrons. The lowest BCUT2D eigenvalue weighted by molar-refractivity contribution is 0.0671. The summed E-state index contributed by atoms with van der Waals surface area (Å²) in [7, 11) is 0. The highest BCUT2D eigenvalue weighted by atomic mass is 35.5. The molecule has 0 spiro atoms. The van der Waals surface area contributed by atoms with E-state index in [1.165, 1.54) is 29.9 Å². The second kappa shape index (κ2) is 9.43. The number of hydrogen-bond acceptors (Lipinski definition) is 3. The molecule has 0 aliphatic heterocycles. The van der Waals surface area contributed by atoms with Crippen LogP contribution in [0.3, 0.4) is 0 Å². The number of hydrogen-bond donors (Lipinski definition) is 1. The SMILES string of the molecule is C#CCN(C(=O)c1sc(NC(=O)c2ccc(F)cc2Cl)cc1C)C1CCCCC1. The summed E-state index contributed by atoms with van der Waals surface area (Å²) >= 11 is 7.17. The van der Waals surface area contributed by atoms with Gasteiger partial charge in [0, 0.05) is 6.04 Å². The summed E-state index contributed by atoms with van der Waals surface area (Å²) in [4.78, 5) is 28.0. The Morgan fingerprint density at radius 3 is 2.69 bits per heavy atom. The molecule has 1 heterocycles. The van der Waals surface area contributed by atoms with E-state index < -0.39 is 11.7 Å². The molecule has 1 aromatic heterocycles. The third kappa shape index (κ3) is 4.98. The monoisotopic (exact) mass is 432 g/mol. The molecule has 0 saturated heterocycles. The summed E-state index contributed by atoms with van der Waals surface area (Å²) in [5.41, 5.74) is 0.946. The van der Waals surface area contributed by atoms with E-state index in [0.717, 1.165) is 37.3 Å². The first-order valence-electron chi connectivity index (χ1n) is 9.52. The van der Waals surface area contributed by atoms with Crippen molar-refractivity contribution in [1.82, 2.24) is 4.90 Å². The minimum absolute atomic E-state index is 0.0320. The van der Waals surface area contributed by atoms with E-state index in [0.29, 0.717) is 9.88 Å². The zero-order chi connectivity index (χ0) is 21.0. The van der Waals surface area contributed by atoms with E-state index in [1.54, 1.807) is 11.0 Å². The van der Waals surface area contributed by atoms with Crippen LogP contribution in [0.15, 0.2) is 24.3 Å². The first-order valence-corrected chi connectivity index (χ1v) is 10.7. The fourth-order valence-corrected chi connectivity index (χ4v) is 4.87. The Bertz CT molecular complexity index is 960. The molecule has 0 unspecified atom stereocenters. The molecule has 4 nitrogen and oxygen atoms in total. The molecular formula is C22H22ClFN2O2S. The summed E-state index contributed by atoms with van der Waals surface area (Å²) < 4.78 is 13.2. The molecule has 0 atom stereocenters. The number of anilines is 1. The Morgan fingerprint density at radius 2 is 2.03 bits per heavy atom. The zero-order valence-corrected chi connectivity index (χ0v) is 17.7. The van der Waals surface area contributed by atoms with E-state index in [2.05, 4.69) is 11.2 Å². The van der Waals surface area contributed by atoms with Gasteiger partial charge in [-0.15, -0.1) is 17.8 Å². The van der Waals surface area contributed by atoms with Gasteiger partial charge in [0.05, 0.1) is 27.0 Å². The highest BCUT2D eigenvalue weighted by Crippen LogP contribution is 2.31. The van der Waals surface area contributed by atoms with Crippen molar-refractivity contribution in [3.8, 4) is 12.3 Å². The van der Waals surface area contributed by atoms with Gasteiger partial charge in [-0.2, -0.15) is 0 Å². The van der Waals surface area contributed by atoms with Gasteiger partial charge in [0.25, 0.3) is 11.8 Å². The molecule has 2 amide bonds. The molecule has 7 heteroatoms.